The van der Waals surface area contributed by atoms with Crippen LogP contribution in [0.15, 0.2) is 42.6 Å². The molecule has 2 rings (SSSR count). The Bertz CT molecular complexity index is 563. The van der Waals surface area contributed by atoms with E-state index in [0.29, 0.717) is 5.69 Å². The van der Waals surface area contributed by atoms with Crippen molar-refractivity contribution in [2.24, 2.45) is 0 Å². The molecule has 4 nitrogen and oxygen atoms in total. The average Bonchev–Trinajstić information content (AvgIpc) is 2.37. The second-order valence-corrected chi connectivity index (χ2v) is 3.56. The van der Waals surface area contributed by atoms with Crippen LogP contribution in [0.3, 0.4) is 0 Å². The molecule has 0 bridgehead atoms. The number of nitrogens with zero attached hydrogens (tertiary/aromatic N) is 1. The maximum Gasteiger partial charge on any atom is 0.338 e. The molecule has 0 aliphatic rings. The van der Waals surface area contributed by atoms with E-state index in [-0.39, 0.29) is 36.8 Å². The zero-order valence-electron chi connectivity index (χ0n) is 10.3. The van der Waals surface area contributed by atoms with Crippen LogP contribution in [0.1, 0.15) is 16.1 Å². The number of carboxylic acid groups (broad SMARTS) is 1. The molecule has 2 aromatic rings. The van der Waals surface area contributed by atoms with Crippen molar-refractivity contribution in [3.63, 3.8) is 0 Å². The van der Waals surface area contributed by atoms with Crippen LogP contribution in [0.5, 0.6) is 5.75 Å². The van der Waals surface area contributed by atoms with Gasteiger partial charge < -0.3 is 9.84 Å². The largest absolute Gasteiger partial charge is 0.487 e. The number of aromatic carboxylic acids is 1. The molecule has 0 saturated heterocycles. The maximum atomic E-state index is 13.4. The number of benzene rings is 1. The summed E-state index contributed by atoms with van der Waals surface area (Å²) in [4.78, 5) is 14.7. The fourth-order valence-corrected chi connectivity index (χ4v) is 1.40. The zero-order chi connectivity index (χ0) is 13.0. The van der Waals surface area contributed by atoms with Crippen molar-refractivity contribution in [2.75, 3.05) is 0 Å². The molecular weight excluding hydrogens is 244 g/mol. The first-order chi connectivity index (χ1) is 8.66. The number of hydrogen-bond donors (Lipinski definition) is 1. The van der Waals surface area contributed by atoms with Gasteiger partial charge in [-0.15, -0.1) is 0 Å². The van der Waals surface area contributed by atoms with Crippen LogP contribution in [0.4, 0.5) is 4.39 Å². The second kappa shape index (κ2) is 6.93. The topological polar surface area (TPSA) is 59.4 Å². The average molecular weight is 254 g/mol. The minimum absolute atomic E-state index is 0. The maximum absolute atomic E-state index is 13.4. The Labute approximate surface area is 121 Å². The molecule has 19 heavy (non-hydrogen) atoms. The van der Waals surface area contributed by atoms with E-state index in [9.17, 15) is 9.18 Å². The Hall–Kier alpha value is -1.83. The number of pyridine rings is 1. The number of aromatic nitrogens is 1. The second-order valence-electron chi connectivity index (χ2n) is 3.56. The molecule has 0 spiro atoms. The summed E-state index contributed by atoms with van der Waals surface area (Å²) < 4.78 is 18.7. The number of carbonyl (C=O) groups is 1. The van der Waals surface area contributed by atoms with Gasteiger partial charge in [-0.1, -0.05) is 6.07 Å². The van der Waals surface area contributed by atoms with Crippen LogP contribution in [-0.4, -0.2) is 34.9 Å². The summed E-state index contributed by atoms with van der Waals surface area (Å²) in [5.74, 6) is -1.85. The van der Waals surface area contributed by atoms with Gasteiger partial charge in [0.05, 0.1) is 11.3 Å². The molecule has 6 heteroatoms. The van der Waals surface area contributed by atoms with Gasteiger partial charge in [-0.3, -0.25) is 4.98 Å². The molecule has 0 saturated carbocycles. The Morgan fingerprint density at radius 2 is 2.11 bits per heavy atom. The van der Waals surface area contributed by atoms with E-state index in [4.69, 9.17) is 9.84 Å². The van der Waals surface area contributed by atoms with E-state index < -0.39 is 11.8 Å². The molecular formula is C13H10FLiNO3. The van der Waals surface area contributed by atoms with Gasteiger partial charge in [-0.25, -0.2) is 9.18 Å². The molecule has 1 radical (unpaired) electrons. The van der Waals surface area contributed by atoms with Gasteiger partial charge in [0.25, 0.3) is 0 Å². The fourth-order valence-electron chi connectivity index (χ4n) is 1.40. The Morgan fingerprint density at radius 1 is 1.32 bits per heavy atom. The van der Waals surface area contributed by atoms with Crippen LogP contribution < -0.4 is 4.74 Å². The summed E-state index contributed by atoms with van der Waals surface area (Å²) in [5, 5.41) is 8.67. The summed E-state index contributed by atoms with van der Waals surface area (Å²) in [6.07, 6.45) is 1.63. The first-order valence-electron chi connectivity index (χ1n) is 5.22. The van der Waals surface area contributed by atoms with Crippen molar-refractivity contribution in [3.8, 4) is 5.75 Å². The number of ether oxygens (including phenoxy) is 1. The fraction of sp³-hybridized carbons (Fsp3) is 0.0769. The normalized spacial score (nSPS) is 9.53. The van der Waals surface area contributed by atoms with Gasteiger partial charge >= 0.3 is 5.97 Å². The third-order valence-corrected chi connectivity index (χ3v) is 2.28. The summed E-state index contributed by atoms with van der Waals surface area (Å²) >= 11 is 0. The first-order valence-corrected chi connectivity index (χ1v) is 5.22. The molecule has 1 N–H and O–H groups in total. The molecule has 1 aromatic heterocycles. The number of carboxylic acids is 1. The Balaban J connectivity index is 0.00000180. The molecule has 1 aromatic carbocycles. The van der Waals surface area contributed by atoms with E-state index in [1.807, 2.05) is 6.07 Å². The Kier molecular flexibility index (Phi) is 5.55. The molecule has 0 unspecified atom stereocenters. The van der Waals surface area contributed by atoms with E-state index >= 15 is 0 Å². The Morgan fingerprint density at radius 3 is 2.68 bits per heavy atom. The van der Waals surface area contributed by atoms with Crippen molar-refractivity contribution in [2.45, 2.75) is 6.61 Å². The number of halogens is 1. The van der Waals surface area contributed by atoms with Crippen LogP contribution in [0.25, 0.3) is 0 Å². The van der Waals surface area contributed by atoms with Crippen molar-refractivity contribution in [1.29, 1.82) is 0 Å². The number of hydrogen-bond acceptors (Lipinski definition) is 3. The zero-order valence-corrected chi connectivity index (χ0v) is 10.3. The predicted octanol–water partition coefficient (Wildman–Crippen LogP) is 2.12. The summed E-state index contributed by atoms with van der Waals surface area (Å²) in [7, 11) is 0. The van der Waals surface area contributed by atoms with Crippen molar-refractivity contribution >= 4 is 24.8 Å². The SMILES string of the molecule is O=C(O)c1ccc(OCc2ccccn2)cc1F.[Li]. The van der Waals surface area contributed by atoms with Gasteiger partial charge in [-0.05, 0) is 24.3 Å². The van der Waals surface area contributed by atoms with Gasteiger partial charge in [0.2, 0.25) is 0 Å². The van der Waals surface area contributed by atoms with Crippen molar-refractivity contribution in [1.82, 2.24) is 4.98 Å². The van der Waals surface area contributed by atoms with Crippen LogP contribution >= 0.6 is 0 Å². The summed E-state index contributed by atoms with van der Waals surface area (Å²) in [5.41, 5.74) is 0.334. The van der Waals surface area contributed by atoms with E-state index in [1.54, 1.807) is 18.3 Å². The molecule has 0 atom stereocenters. The molecule has 0 aliphatic heterocycles. The molecule has 93 valence electrons. The molecule has 0 aliphatic carbocycles. The van der Waals surface area contributed by atoms with Gasteiger partial charge in [0.1, 0.15) is 18.2 Å². The quantitative estimate of drug-likeness (QED) is 0.849. The predicted molar refractivity (Wildman–Crippen MR) is 67.7 cm³/mol. The van der Waals surface area contributed by atoms with Crippen LogP contribution in [0.2, 0.25) is 0 Å². The summed E-state index contributed by atoms with van der Waals surface area (Å²) in [6, 6.07) is 9.01. The van der Waals surface area contributed by atoms with Crippen LogP contribution in [0, 0.1) is 5.82 Å². The van der Waals surface area contributed by atoms with Crippen LogP contribution in [-0.2, 0) is 6.61 Å². The smallest absolute Gasteiger partial charge is 0.338 e. The third-order valence-electron chi connectivity index (χ3n) is 2.28. The summed E-state index contributed by atoms with van der Waals surface area (Å²) in [6.45, 7) is 0.201. The molecule has 0 fully saturated rings. The van der Waals surface area contributed by atoms with Gasteiger partial charge in [-0.2, -0.15) is 0 Å². The van der Waals surface area contributed by atoms with Gasteiger partial charge in [0, 0.05) is 31.1 Å². The monoisotopic (exact) mass is 254 g/mol. The molecule has 0 amide bonds. The van der Waals surface area contributed by atoms with Gasteiger partial charge in [0.15, 0.2) is 0 Å². The minimum Gasteiger partial charge on any atom is -0.487 e. The van der Waals surface area contributed by atoms with E-state index in [0.717, 1.165) is 6.07 Å². The van der Waals surface area contributed by atoms with Crippen molar-refractivity contribution in [3.05, 3.63) is 59.7 Å². The first kappa shape index (κ1) is 15.2. The number of rotatable bonds is 4. The van der Waals surface area contributed by atoms with E-state index in [2.05, 4.69) is 4.98 Å². The third kappa shape index (κ3) is 4.09. The van der Waals surface area contributed by atoms with Crippen molar-refractivity contribution < 1.29 is 19.0 Å². The van der Waals surface area contributed by atoms with E-state index in [1.165, 1.54) is 12.1 Å². The standard InChI is InChI=1S/C13H10FNO3.Li/c14-12-7-10(4-5-11(12)13(16)17)18-8-9-3-1-2-6-15-9;/h1-7H,8H2,(H,16,17);. The minimum atomic E-state index is -1.30. The molecule has 1 heterocycles.